The zero-order valence-electron chi connectivity index (χ0n) is 9.31. The Balaban J connectivity index is 2.83. The van der Waals surface area contributed by atoms with E-state index in [-0.39, 0.29) is 11.1 Å². The van der Waals surface area contributed by atoms with Gasteiger partial charge in [0.2, 0.25) is 0 Å². The fraction of sp³-hybridized carbons (Fsp3) is 0.455. The molecule has 1 heterocycles. The number of halogens is 2. The molecule has 0 fully saturated rings. The van der Waals surface area contributed by atoms with Crippen LogP contribution in [0.2, 0.25) is 10.3 Å². The molecule has 0 spiro atoms. The SMILES string of the molecule is CCCCNC(=O)c1c(C)cc(Cl)nc1Cl. The molecule has 1 rings (SSSR count). The number of hydrogen-bond acceptors (Lipinski definition) is 2. The Hall–Kier alpha value is -0.800. The van der Waals surface area contributed by atoms with Crippen molar-refractivity contribution < 1.29 is 4.79 Å². The first kappa shape index (κ1) is 13.3. The maximum atomic E-state index is 11.8. The van der Waals surface area contributed by atoms with Crippen LogP contribution < -0.4 is 5.32 Å². The second-order valence-electron chi connectivity index (χ2n) is 3.54. The lowest BCUT2D eigenvalue weighted by atomic mass is 10.1. The fourth-order valence-electron chi connectivity index (χ4n) is 1.34. The van der Waals surface area contributed by atoms with Crippen LogP contribution >= 0.6 is 23.2 Å². The summed E-state index contributed by atoms with van der Waals surface area (Å²) in [5, 5.41) is 3.25. The molecule has 1 aromatic rings. The van der Waals surface area contributed by atoms with E-state index in [4.69, 9.17) is 23.2 Å². The van der Waals surface area contributed by atoms with Gasteiger partial charge < -0.3 is 5.32 Å². The molecule has 88 valence electrons. The van der Waals surface area contributed by atoms with Crippen molar-refractivity contribution in [3.05, 3.63) is 27.5 Å². The molecular weight excluding hydrogens is 247 g/mol. The van der Waals surface area contributed by atoms with Crippen LogP contribution in [0.4, 0.5) is 0 Å². The molecule has 0 saturated carbocycles. The van der Waals surface area contributed by atoms with Crippen LogP contribution in [-0.4, -0.2) is 17.4 Å². The number of amides is 1. The van der Waals surface area contributed by atoms with Crippen molar-refractivity contribution >= 4 is 29.1 Å². The number of hydrogen-bond donors (Lipinski definition) is 1. The Labute approximate surface area is 105 Å². The summed E-state index contributed by atoms with van der Waals surface area (Å²) < 4.78 is 0. The molecular formula is C11H14Cl2N2O. The smallest absolute Gasteiger partial charge is 0.254 e. The van der Waals surface area contributed by atoms with Gasteiger partial charge in [0.05, 0.1) is 5.56 Å². The Kier molecular flexibility index (Phi) is 5.03. The molecule has 0 saturated heterocycles. The third-order valence-electron chi connectivity index (χ3n) is 2.18. The highest BCUT2D eigenvalue weighted by atomic mass is 35.5. The van der Waals surface area contributed by atoms with E-state index in [0.717, 1.165) is 18.4 Å². The second-order valence-corrected chi connectivity index (χ2v) is 4.28. The van der Waals surface area contributed by atoms with Crippen LogP contribution in [0.1, 0.15) is 35.7 Å². The van der Waals surface area contributed by atoms with Gasteiger partial charge in [0.1, 0.15) is 10.3 Å². The van der Waals surface area contributed by atoms with E-state index < -0.39 is 0 Å². The molecule has 16 heavy (non-hydrogen) atoms. The van der Waals surface area contributed by atoms with Crippen molar-refractivity contribution in [1.29, 1.82) is 0 Å². The summed E-state index contributed by atoms with van der Waals surface area (Å²) in [6.45, 7) is 4.50. The lowest BCUT2D eigenvalue weighted by Gasteiger charge is -2.08. The third kappa shape index (κ3) is 3.35. The topological polar surface area (TPSA) is 42.0 Å². The van der Waals surface area contributed by atoms with Crippen molar-refractivity contribution in [2.45, 2.75) is 26.7 Å². The standard InChI is InChI=1S/C11H14Cl2N2O/c1-3-4-5-14-11(16)9-7(2)6-8(12)15-10(9)13/h6H,3-5H2,1-2H3,(H,14,16). The summed E-state index contributed by atoms with van der Waals surface area (Å²) in [6.07, 6.45) is 1.98. The number of nitrogens with one attached hydrogen (secondary N) is 1. The van der Waals surface area contributed by atoms with Gasteiger partial charge in [-0.05, 0) is 25.0 Å². The van der Waals surface area contributed by atoms with Gasteiger partial charge in [-0.1, -0.05) is 36.5 Å². The quantitative estimate of drug-likeness (QED) is 0.667. The number of carbonyl (C=O) groups excluding carboxylic acids is 1. The number of unbranched alkanes of at least 4 members (excludes halogenated alkanes) is 1. The van der Waals surface area contributed by atoms with Crippen LogP contribution in [0.5, 0.6) is 0 Å². The van der Waals surface area contributed by atoms with Crippen molar-refractivity contribution in [1.82, 2.24) is 10.3 Å². The Bertz CT molecular complexity index is 371. The van der Waals surface area contributed by atoms with Gasteiger partial charge in [0.25, 0.3) is 5.91 Å². The zero-order valence-corrected chi connectivity index (χ0v) is 10.8. The summed E-state index contributed by atoms with van der Waals surface area (Å²) in [5.41, 5.74) is 1.14. The minimum absolute atomic E-state index is 0.152. The van der Waals surface area contributed by atoms with Gasteiger partial charge in [-0.25, -0.2) is 4.98 Å². The normalized spacial score (nSPS) is 10.2. The van der Waals surface area contributed by atoms with E-state index >= 15 is 0 Å². The van der Waals surface area contributed by atoms with Crippen LogP contribution in [0.25, 0.3) is 0 Å². The minimum atomic E-state index is -0.194. The molecule has 1 amide bonds. The highest BCUT2D eigenvalue weighted by Crippen LogP contribution is 2.21. The van der Waals surface area contributed by atoms with Crippen LogP contribution in [-0.2, 0) is 0 Å². The monoisotopic (exact) mass is 260 g/mol. The van der Waals surface area contributed by atoms with Crippen molar-refractivity contribution in [3.8, 4) is 0 Å². The van der Waals surface area contributed by atoms with E-state index in [1.165, 1.54) is 0 Å². The van der Waals surface area contributed by atoms with Crippen LogP contribution in [0, 0.1) is 6.92 Å². The maximum absolute atomic E-state index is 11.8. The Morgan fingerprint density at radius 2 is 2.19 bits per heavy atom. The largest absolute Gasteiger partial charge is 0.352 e. The van der Waals surface area contributed by atoms with Crippen molar-refractivity contribution in [2.75, 3.05) is 6.54 Å². The Morgan fingerprint density at radius 3 is 2.75 bits per heavy atom. The number of rotatable bonds is 4. The van der Waals surface area contributed by atoms with Crippen LogP contribution in [0.3, 0.4) is 0 Å². The van der Waals surface area contributed by atoms with Crippen LogP contribution in [0.15, 0.2) is 6.07 Å². The summed E-state index contributed by atoms with van der Waals surface area (Å²) >= 11 is 11.6. The molecule has 3 nitrogen and oxygen atoms in total. The minimum Gasteiger partial charge on any atom is -0.352 e. The van der Waals surface area contributed by atoms with E-state index in [2.05, 4.69) is 17.2 Å². The molecule has 0 aliphatic heterocycles. The summed E-state index contributed by atoms with van der Waals surface area (Å²) in [7, 11) is 0. The number of nitrogens with zero attached hydrogens (tertiary/aromatic N) is 1. The summed E-state index contributed by atoms with van der Waals surface area (Å²) in [6, 6.07) is 1.63. The number of pyridine rings is 1. The maximum Gasteiger partial charge on any atom is 0.254 e. The molecule has 5 heteroatoms. The first-order chi connectivity index (χ1) is 7.56. The molecule has 1 aromatic heterocycles. The van der Waals surface area contributed by atoms with E-state index in [9.17, 15) is 4.79 Å². The fourth-order valence-corrected chi connectivity index (χ4v) is 1.95. The van der Waals surface area contributed by atoms with Crippen molar-refractivity contribution in [3.63, 3.8) is 0 Å². The average molecular weight is 261 g/mol. The molecule has 0 radical (unpaired) electrons. The highest BCUT2D eigenvalue weighted by Gasteiger charge is 2.14. The molecule has 0 unspecified atom stereocenters. The predicted molar refractivity (Wildman–Crippen MR) is 66.2 cm³/mol. The van der Waals surface area contributed by atoms with Gasteiger partial charge in [-0.3, -0.25) is 4.79 Å². The average Bonchev–Trinajstić information content (AvgIpc) is 2.16. The third-order valence-corrected chi connectivity index (χ3v) is 2.65. The highest BCUT2D eigenvalue weighted by molar-refractivity contribution is 6.34. The Morgan fingerprint density at radius 1 is 1.50 bits per heavy atom. The van der Waals surface area contributed by atoms with Gasteiger partial charge in [-0.15, -0.1) is 0 Å². The number of carbonyl (C=O) groups is 1. The second kappa shape index (κ2) is 6.06. The van der Waals surface area contributed by atoms with Gasteiger partial charge in [0, 0.05) is 6.54 Å². The number of aromatic nitrogens is 1. The van der Waals surface area contributed by atoms with Gasteiger partial charge in [0.15, 0.2) is 0 Å². The molecule has 0 aliphatic carbocycles. The molecule has 0 aliphatic rings. The van der Waals surface area contributed by atoms with Crippen molar-refractivity contribution in [2.24, 2.45) is 0 Å². The molecule has 0 atom stereocenters. The summed E-state index contributed by atoms with van der Waals surface area (Å²) in [5.74, 6) is -0.194. The summed E-state index contributed by atoms with van der Waals surface area (Å²) in [4.78, 5) is 15.6. The van der Waals surface area contributed by atoms with Gasteiger partial charge >= 0.3 is 0 Å². The van der Waals surface area contributed by atoms with Gasteiger partial charge in [-0.2, -0.15) is 0 Å². The van der Waals surface area contributed by atoms with E-state index in [1.54, 1.807) is 13.0 Å². The first-order valence-corrected chi connectivity index (χ1v) is 5.92. The zero-order chi connectivity index (χ0) is 12.1. The lowest BCUT2D eigenvalue weighted by molar-refractivity contribution is 0.0952. The number of aryl methyl sites for hydroxylation is 1. The first-order valence-electron chi connectivity index (χ1n) is 5.17. The molecule has 0 bridgehead atoms. The lowest BCUT2D eigenvalue weighted by Crippen LogP contribution is -2.25. The molecule has 0 aromatic carbocycles. The van der Waals surface area contributed by atoms with E-state index in [0.29, 0.717) is 17.3 Å². The molecule has 1 N–H and O–H groups in total. The van der Waals surface area contributed by atoms with E-state index in [1.807, 2.05) is 0 Å². The predicted octanol–water partition coefficient (Wildman–Crippen LogP) is 3.23.